The Balaban J connectivity index is 2.39. The first-order chi connectivity index (χ1) is 8.70. The molecule has 0 saturated carbocycles. The topological polar surface area (TPSA) is 73.1 Å². The van der Waals surface area contributed by atoms with Gasteiger partial charge in [-0.2, -0.15) is 0 Å². The molecule has 0 radical (unpaired) electrons. The molecule has 18 heavy (non-hydrogen) atoms. The van der Waals surface area contributed by atoms with Gasteiger partial charge in [0.25, 0.3) is 0 Å². The summed E-state index contributed by atoms with van der Waals surface area (Å²) in [5.74, 6) is -2.03. The van der Waals surface area contributed by atoms with Crippen LogP contribution in [-0.2, 0) is 4.79 Å². The van der Waals surface area contributed by atoms with Gasteiger partial charge in [0, 0.05) is 6.20 Å². The number of pyridine rings is 1. The van der Waals surface area contributed by atoms with Crippen LogP contribution in [0.5, 0.6) is 0 Å². The van der Waals surface area contributed by atoms with E-state index < -0.39 is 11.8 Å². The Morgan fingerprint density at radius 3 is 2.22 bits per heavy atom. The summed E-state index contributed by atoms with van der Waals surface area (Å²) < 4.78 is 0. The Bertz CT molecular complexity index is 553. The molecule has 2 aromatic rings. The van der Waals surface area contributed by atoms with Crippen LogP contribution in [0, 0.1) is 0 Å². The maximum atomic E-state index is 12.2. The molecule has 0 aliphatic carbocycles. The van der Waals surface area contributed by atoms with Gasteiger partial charge in [-0.05, 0) is 17.7 Å². The Labute approximate surface area is 104 Å². The molecule has 1 unspecified atom stereocenters. The van der Waals surface area contributed by atoms with Crippen LogP contribution < -0.4 is 5.73 Å². The molecule has 0 aliphatic rings. The van der Waals surface area contributed by atoms with Crippen molar-refractivity contribution in [1.82, 2.24) is 4.98 Å². The van der Waals surface area contributed by atoms with E-state index in [4.69, 9.17) is 5.73 Å². The predicted molar refractivity (Wildman–Crippen MR) is 66.9 cm³/mol. The number of hydrogen-bond donors (Lipinski definition) is 1. The molecule has 90 valence electrons. The molecule has 1 heterocycles. The minimum Gasteiger partial charge on any atom is -0.369 e. The third-order valence-electron chi connectivity index (χ3n) is 2.60. The monoisotopic (exact) mass is 240 g/mol. The van der Waals surface area contributed by atoms with E-state index in [1.54, 1.807) is 42.5 Å². The molecule has 4 nitrogen and oxygen atoms in total. The number of rotatable bonds is 4. The molecule has 0 spiro atoms. The zero-order chi connectivity index (χ0) is 13.0. The van der Waals surface area contributed by atoms with Gasteiger partial charge in [0.05, 0.1) is 0 Å². The first kappa shape index (κ1) is 12.0. The van der Waals surface area contributed by atoms with Gasteiger partial charge in [0.15, 0.2) is 5.78 Å². The van der Waals surface area contributed by atoms with Crippen LogP contribution in [0.3, 0.4) is 0 Å². The van der Waals surface area contributed by atoms with Crippen molar-refractivity contribution in [2.24, 2.45) is 5.73 Å². The van der Waals surface area contributed by atoms with Gasteiger partial charge in [-0.15, -0.1) is 0 Å². The molecular formula is C14H12N2O2. The van der Waals surface area contributed by atoms with Gasteiger partial charge in [-0.1, -0.05) is 36.4 Å². The van der Waals surface area contributed by atoms with Crippen LogP contribution in [-0.4, -0.2) is 16.7 Å². The molecule has 0 fully saturated rings. The fourth-order valence-corrected chi connectivity index (χ4v) is 1.75. The number of nitrogens with zero attached hydrogens (tertiary/aromatic N) is 1. The number of benzene rings is 1. The number of nitrogens with two attached hydrogens (primary N) is 1. The zero-order valence-electron chi connectivity index (χ0n) is 9.61. The Hall–Kier alpha value is -2.49. The largest absolute Gasteiger partial charge is 0.369 e. The summed E-state index contributed by atoms with van der Waals surface area (Å²) in [4.78, 5) is 27.7. The van der Waals surface area contributed by atoms with Crippen molar-refractivity contribution in [1.29, 1.82) is 0 Å². The highest BCUT2D eigenvalue weighted by molar-refractivity contribution is 6.13. The first-order valence-electron chi connectivity index (χ1n) is 5.49. The fraction of sp³-hybridized carbons (Fsp3) is 0.0714. The summed E-state index contributed by atoms with van der Waals surface area (Å²) >= 11 is 0. The Morgan fingerprint density at radius 2 is 1.67 bits per heavy atom. The van der Waals surface area contributed by atoms with Crippen molar-refractivity contribution >= 4 is 11.7 Å². The number of hydrogen-bond acceptors (Lipinski definition) is 3. The van der Waals surface area contributed by atoms with E-state index in [0.717, 1.165) is 0 Å². The van der Waals surface area contributed by atoms with Crippen LogP contribution in [0.25, 0.3) is 0 Å². The molecule has 2 N–H and O–H groups in total. The van der Waals surface area contributed by atoms with E-state index in [9.17, 15) is 9.59 Å². The third kappa shape index (κ3) is 2.43. The summed E-state index contributed by atoms with van der Waals surface area (Å²) in [5.41, 5.74) is 6.14. The van der Waals surface area contributed by atoms with E-state index in [0.29, 0.717) is 5.56 Å². The number of ketones is 1. The van der Waals surface area contributed by atoms with Gasteiger partial charge in [0.1, 0.15) is 11.6 Å². The standard InChI is InChI=1S/C14H12N2O2/c15-14(18)12(10-6-2-1-3-7-10)13(17)11-8-4-5-9-16-11/h1-9,12H,(H2,15,18). The predicted octanol–water partition coefficient (Wildman–Crippen LogP) is 1.53. The van der Waals surface area contributed by atoms with Crippen LogP contribution in [0.15, 0.2) is 54.7 Å². The average Bonchev–Trinajstić information content (AvgIpc) is 2.40. The molecule has 1 aromatic heterocycles. The lowest BCUT2D eigenvalue weighted by Gasteiger charge is -2.11. The molecule has 1 amide bonds. The Kier molecular flexibility index (Phi) is 3.48. The SMILES string of the molecule is NC(=O)C(C(=O)c1ccccn1)c1ccccc1. The van der Waals surface area contributed by atoms with E-state index in [2.05, 4.69) is 4.98 Å². The highest BCUT2D eigenvalue weighted by Gasteiger charge is 2.27. The lowest BCUT2D eigenvalue weighted by molar-refractivity contribution is -0.118. The normalized spacial score (nSPS) is 11.8. The Morgan fingerprint density at radius 1 is 1.00 bits per heavy atom. The molecule has 4 heteroatoms. The zero-order valence-corrected chi connectivity index (χ0v) is 9.61. The minimum atomic E-state index is -0.985. The first-order valence-corrected chi connectivity index (χ1v) is 5.49. The smallest absolute Gasteiger partial charge is 0.232 e. The van der Waals surface area contributed by atoms with Crippen molar-refractivity contribution in [3.63, 3.8) is 0 Å². The van der Waals surface area contributed by atoms with Crippen molar-refractivity contribution in [2.75, 3.05) is 0 Å². The number of amides is 1. The van der Waals surface area contributed by atoms with Crippen molar-refractivity contribution in [3.8, 4) is 0 Å². The summed E-state index contributed by atoms with van der Waals surface area (Å²) in [6.45, 7) is 0. The van der Waals surface area contributed by atoms with Crippen LogP contribution in [0.2, 0.25) is 0 Å². The van der Waals surface area contributed by atoms with Gasteiger partial charge in [-0.3, -0.25) is 14.6 Å². The summed E-state index contributed by atoms with van der Waals surface area (Å²) in [6.07, 6.45) is 1.51. The number of Topliss-reactive ketones (excluding diaryl/α,β-unsaturated/α-hetero) is 1. The van der Waals surface area contributed by atoms with Crippen LogP contribution in [0.4, 0.5) is 0 Å². The number of aromatic nitrogens is 1. The van der Waals surface area contributed by atoms with Crippen LogP contribution in [0.1, 0.15) is 22.0 Å². The average molecular weight is 240 g/mol. The second-order valence-electron chi connectivity index (χ2n) is 3.83. The molecule has 0 aliphatic heterocycles. The maximum Gasteiger partial charge on any atom is 0.232 e. The number of carbonyl (C=O) groups excluding carboxylic acids is 2. The van der Waals surface area contributed by atoms with Gasteiger partial charge < -0.3 is 5.73 Å². The van der Waals surface area contributed by atoms with Gasteiger partial charge >= 0.3 is 0 Å². The van der Waals surface area contributed by atoms with E-state index in [1.165, 1.54) is 6.20 Å². The highest BCUT2D eigenvalue weighted by Crippen LogP contribution is 2.19. The van der Waals surface area contributed by atoms with E-state index >= 15 is 0 Å². The second kappa shape index (κ2) is 5.23. The van der Waals surface area contributed by atoms with Crippen molar-refractivity contribution in [2.45, 2.75) is 5.92 Å². The summed E-state index contributed by atoms with van der Waals surface area (Å²) in [7, 11) is 0. The maximum absolute atomic E-state index is 12.2. The van der Waals surface area contributed by atoms with E-state index in [-0.39, 0.29) is 11.5 Å². The molecule has 0 bridgehead atoms. The van der Waals surface area contributed by atoms with Gasteiger partial charge in [0.2, 0.25) is 5.91 Å². The fourth-order valence-electron chi connectivity index (χ4n) is 1.75. The second-order valence-corrected chi connectivity index (χ2v) is 3.83. The van der Waals surface area contributed by atoms with Crippen molar-refractivity contribution < 1.29 is 9.59 Å². The third-order valence-corrected chi connectivity index (χ3v) is 2.60. The van der Waals surface area contributed by atoms with Gasteiger partial charge in [-0.25, -0.2) is 0 Å². The highest BCUT2D eigenvalue weighted by atomic mass is 16.2. The molecule has 1 atom stereocenters. The molecule has 1 aromatic carbocycles. The number of carbonyl (C=O) groups is 2. The number of primary amides is 1. The molecule has 0 saturated heterocycles. The summed E-state index contributed by atoms with van der Waals surface area (Å²) in [6, 6.07) is 13.7. The van der Waals surface area contributed by atoms with Crippen molar-refractivity contribution in [3.05, 3.63) is 66.0 Å². The molecular weight excluding hydrogens is 228 g/mol. The van der Waals surface area contributed by atoms with Crippen LogP contribution >= 0.6 is 0 Å². The lowest BCUT2D eigenvalue weighted by atomic mass is 9.92. The summed E-state index contributed by atoms with van der Waals surface area (Å²) in [5, 5.41) is 0. The lowest BCUT2D eigenvalue weighted by Crippen LogP contribution is -2.28. The molecule has 2 rings (SSSR count). The minimum absolute atomic E-state index is 0.241. The quantitative estimate of drug-likeness (QED) is 0.650. The van der Waals surface area contributed by atoms with E-state index in [1.807, 2.05) is 6.07 Å².